The van der Waals surface area contributed by atoms with Crippen LogP contribution in [0.25, 0.3) is 0 Å². The van der Waals surface area contributed by atoms with Gasteiger partial charge in [-0.05, 0) is 18.4 Å². The SMILES string of the molecule is O=C(CC[C@@H]1NC(=O)N(Cc2ccccc2)C1=O)N[C@H]1CCS(=O)(=O)C1. The number of urea groups is 1. The molecule has 0 aliphatic carbocycles. The standard InChI is InChI=1S/C17H21N3O5S/c21-15(18-13-8-9-26(24,25)11-13)7-6-14-16(22)20(17(23)19-14)10-12-4-2-1-3-5-12/h1-5,13-14H,6-11H2,(H,18,21)(H,19,23)/t13-,14-/m0/s1. The molecule has 26 heavy (non-hydrogen) atoms. The van der Waals surface area contributed by atoms with Crippen LogP contribution in [0.2, 0.25) is 0 Å². The van der Waals surface area contributed by atoms with Gasteiger partial charge in [-0.25, -0.2) is 13.2 Å². The maximum absolute atomic E-state index is 12.4. The number of hydrogen-bond acceptors (Lipinski definition) is 5. The van der Waals surface area contributed by atoms with E-state index in [1.54, 1.807) is 0 Å². The molecule has 2 saturated heterocycles. The largest absolute Gasteiger partial charge is 0.352 e. The predicted octanol–water partition coefficient (Wildman–Crippen LogP) is 0.191. The van der Waals surface area contributed by atoms with Gasteiger partial charge >= 0.3 is 6.03 Å². The molecule has 9 heteroatoms. The van der Waals surface area contributed by atoms with Crippen LogP contribution in [0, 0.1) is 0 Å². The third kappa shape index (κ3) is 4.40. The number of nitrogens with zero attached hydrogens (tertiary/aromatic N) is 1. The van der Waals surface area contributed by atoms with Gasteiger partial charge in [0, 0.05) is 12.5 Å². The van der Waals surface area contributed by atoms with Crippen molar-refractivity contribution in [3.63, 3.8) is 0 Å². The van der Waals surface area contributed by atoms with E-state index in [1.165, 1.54) is 0 Å². The number of amides is 4. The number of sulfone groups is 1. The highest BCUT2D eigenvalue weighted by Crippen LogP contribution is 2.16. The summed E-state index contributed by atoms with van der Waals surface area (Å²) in [5, 5.41) is 5.28. The van der Waals surface area contributed by atoms with Crippen LogP contribution in [0.4, 0.5) is 4.79 Å². The van der Waals surface area contributed by atoms with E-state index in [9.17, 15) is 22.8 Å². The summed E-state index contributed by atoms with van der Waals surface area (Å²) in [5.41, 5.74) is 0.844. The summed E-state index contributed by atoms with van der Waals surface area (Å²) in [7, 11) is -3.06. The van der Waals surface area contributed by atoms with Gasteiger partial charge in [-0.1, -0.05) is 30.3 Å². The molecule has 140 valence electrons. The first-order valence-electron chi connectivity index (χ1n) is 8.50. The van der Waals surface area contributed by atoms with Crippen LogP contribution >= 0.6 is 0 Å². The minimum Gasteiger partial charge on any atom is -0.352 e. The number of hydrogen-bond donors (Lipinski definition) is 2. The average Bonchev–Trinajstić information content (AvgIpc) is 3.07. The molecule has 1 aromatic carbocycles. The van der Waals surface area contributed by atoms with Gasteiger partial charge in [0.15, 0.2) is 9.84 Å². The van der Waals surface area contributed by atoms with Crippen molar-refractivity contribution in [2.45, 2.75) is 37.9 Å². The number of carbonyl (C=O) groups excluding carboxylic acids is 3. The second-order valence-corrected chi connectivity index (χ2v) is 8.85. The maximum Gasteiger partial charge on any atom is 0.325 e. The molecule has 0 aromatic heterocycles. The van der Waals surface area contributed by atoms with E-state index in [0.717, 1.165) is 10.5 Å². The van der Waals surface area contributed by atoms with E-state index < -0.39 is 21.9 Å². The molecule has 2 fully saturated rings. The summed E-state index contributed by atoms with van der Waals surface area (Å²) in [4.78, 5) is 37.5. The fourth-order valence-electron chi connectivity index (χ4n) is 3.17. The van der Waals surface area contributed by atoms with Crippen LogP contribution in [0.1, 0.15) is 24.8 Å². The lowest BCUT2D eigenvalue weighted by atomic mass is 10.1. The molecule has 8 nitrogen and oxygen atoms in total. The highest BCUT2D eigenvalue weighted by Gasteiger charge is 2.38. The Labute approximate surface area is 151 Å². The highest BCUT2D eigenvalue weighted by molar-refractivity contribution is 7.91. The van der Waals surface area contributed by atoms with Gasteiger partial charge in [0.2, 0.25) is 5.91 Å². The van der Waals surface area contributed by atoms with E-state index >= 15 is 0 Å². The summed E-state index contributed by atoms with van der Waals surface area (Å²) < 4.78 is 22.8. The van der Waals surface area contributed by atoms with Crippen molar-refractivity contribution in [1.29, 1.82) is 0 Å². The summed E-state index contributed by atoms with van der Waals surface area (Å²) in [6.07, 6.45) is 0.644. The molecule has 2 aliphatic heterocycles. The molecular formula is C17H21N3O5S. The highest BCUT2D eigenvalue weighted by atomic mass is 32.2. The van der Waals surface area contributed by atoms with Gasteiger partial charge in [0.25, 0.3) is 5.91 Å². The number of carbonyl (C=O) groups is 3. The predicted molar refractivity (Wildman–Crippen MR) is 93.7 cm³/mol. The van der Waals surface area contributed by atoms with Gasteiger partial charge in [0.05, 0.1) is 18.1 Å². The summed E-state index contributed by atoms with van der Waals surface area (Å²) >= 11 is 0. The molecule has 4 amide bonds. The Kier molecular flexibility index (Phi) is 5.26. The molecule has 2 heterocycles. The summed E-state index contributed by atoms with van der Waals surface area (Å²) in [6, 6.07) is 7.62. The van der Waals surface area contributed by atoms with Crippen molar-refractivity contribution in [2.75, 3.05) is 11.5 Å². The molecule has 3 rings (SSSR count). The minimum absolute atomic E-state index is 0.0390. The first-order chi connectivity index (χ1) is 12.3. The Morgan fingerprint density at radius 3 is 2.62 bits per heavy atom. The molecule has 2 atom stereocenters. The summed E-state index contributed by atoms with van der Waals surface area (Å²) in [5.74, 6) is -0.613. The third-order valence-electron chi connectivity index (χ3n) is 4.55. The molecule has 0 saturated carbocycles. The van der Waals surface area contributed by atoms with E-state index in [-0.39, 0.29) is 48.7 Å². The van der Waals surface area contributed by atoms with Crippen LogP contribution in [0.5, 0.6) is 0 Å². The first kappa shape index (κ1) is 18.4. The lowest BCUT2D eigenvalue weighted by Gasteiger charge is -2.14. The van der Waals surface area contributed by atoms with Gasteiger partial charge in [-0.15, -0.1) is 0 Å². The average molecular weight is 379 g/mol. The van der Waals surface area contributed by atoms with Crippen molar-refractivity contribution >= 4 is 27.7 Å². The molecule has 0 spiro atoms. The lowest BCUT2D eigenvalue weighted by molar-refractivity contribution is -0.128. The van der Waals surface area contributed by atoms with Crippen LogP contribution in [-0.2, 0) is 26.0 Å². The van der Waals surface area contributed by atoms with Crippen molar-refractivity contribution in [1.82, 2.24) is 15.5 Å². The fraction of sp³-hybridized carbons (Fsp3) is 0.471. The third-order valence-corrected chi connectivity index (χ3v) is 6.32. The lowest BCUT2D eigenvalue weighted by Crippen LogP contribution is -2.37. The van der Waals surface area contributed by atoms with Gasteiger partial charge < -0.3 is 10.6 Å². The van der Waals surface area contributed by atoms with Crippen LogP contribution < -0.4 is 10.6 Å². The Morgan fingerprint density at radius 2 is 1.96 bits per heavy atom. The molecular weight excluding hydrogens is 358 g/mol. The quantitative estimate of drug-likeness (QED) is 0.685. The minimum atomic E-state index is -3.06. The van der Waals surface area contributed by atoms with E-state index in [2.05, 4.69) is 10.6 Å². The normalized spacial score (nSPS) is 24.5. The monoisotopic (exact) mass is 379 g/mol. The van der Waals surface area contributed by atoms with Crippen LogP contribution in [0.15, 0.2) is 30.3 Å². The topological polar surface area (TPSA) is 113 Å². The molecule has 2 N–H and O–H groups in total. The number of benzene rings is 1. The summed E-state index contributed by atoms with van der Waals surface area (Å²) in [6.45, 7) is 0.189. The Morgan fingerprint density at radius 1 is 1.23 bits per heavy atom. The van der Waals surface area contributed by atoms with Gasteiger partial charge in [-0.3, -0.25) is 14.5 Å². The molecule has 0 radical (unpaired) electrons. The Balaban J connectivity index is 1.49. The van der Waals surface area contributed by atoms with Crippen molar-refractivity contribution < 1.29 is 22.8 Å². The Bertz CT molecular complexity index is 809. The molecule has 2 aliphatic rings. The van der Waals surface area contributed by atoms with E-state index in [0.29, 0.717) is 6.42 Å². The molecule has 1 aromatic rings. The maximum atomic E-state index is 12.4. The van der Waals surface area contributed by atoms with Crippen LogP contribution in [-0.4, -0.2) is 54.8 Å². The number of imide groups is 1. The van der Waals surface area contributed by atoms with E-state index in [1.807, 2.05) is 30.3 Å². The van der Waals surface area contributed by atoms with Gasteiger partial charge in [-0.2, -0.15) is 0 Å². The first-order valence-corrected chi connectivity index (χ1v) is 10.3. The molecule has 0 bridgehead atoms. The van der Waals surface area contributed by atoms with Crippen LogP contribution in [0.3, 0.4) is 0 Å². The van der Waals surface area contributed by atoms with Crippen molar-refractivity contribution in [3.05, 3.63) is 35.9 Å². The second-order valence-electron chi connectivity index (χ2n) is 6.62. The van der Waals surface area contributed by atoms with E-state index in [4.69, 9.17) is 0 Å². The number of nitrogens with one attached hydrogen (secondary N) is 2. The smallest absolute Gasteiger partial charge is 0.325 e. The fourth-order valence-corrected chi connectivity index (χ4v) is 4.85. The van der Waals surface area contributed by atoms with Gasteiger partial charge in [0.1, 0.15) is 6.04 Å². The van der Waals surface area contributed by atoms with Crippen molar-refractivity contribution in [3.8, 4) is 0 Å². The zero-order valence-corrected chi connectivity index (χ0v) is 15.0. The zero-order valence-electron chi connectivity index (χ0n) is 14.2. The number of rotatable bonds is 6. The zero-order chi connectivity index (χ0) is 18.7. The Hall–Kier alpha value is -2.42. The van der Waals surface area contributed by atoms with Crippen molar-refractivity contribution in [2.24, 2.45) is 0 Å². The molecule has 0 unspecified atom stereocenters. The second kappa shape index (κ2) is 7.45.